The number of amides is 1. The molecule has 0 unspecified atom stereocenters. The standard InChI is InChI=1S/C16H14FN5O/c1-21(16(23)11-3-2-4-12(17)7-11)13-9-22(10-13)15-14(8-18)19-5-6-20-15/h2-7,13H,9-10H2,1H3. The number of benzene rings is 1. The minimum absolute atomic E-state index is 0.0145. The number of carbonyl (C=O) groups excluding carboxylic acids is 1. The van der Waals surface area contributed by atoms with Crippen molar-refractivity contribution in [3.8, 4) is 6.07 Å². The fourth-order valence-corrected chi connectivity index (χ4v) is 2.51. The summed E-state index contributed by atoms with van der Waals surface area (Å²) in [7, 11) is 1.69. The number of rotatable bonds is 3. The lowest BCUT2D eigenvalue weighted by atomic mass is 10.1. The van der Waals surface area contributed by atoms with Crippen molar-refractivity contribution in [3.05, 3.63) is 53.7 Å². The molecule has 1 fully saturated rings. The summed E-state index contributed by atoms with van der Waals surface area (Å²) in [6, 6.07) is 7.63. The van der Waals surface area contributed by atoms with Gasteiger partial charge in [-0.25, -0.2) is 14.4 Å². The van der Waals surface area contributed by atoms with E-state index in [-0.39, 0.29) is 17.6 Å². The molecule has 6 nitrogen and oxygen atoms in total. The van der Waals surface area contributed by atoms with E-state index >= 15 is 0 Å². The van der Waals surface area contributed by atoms with E-state index in [4.69, 9.17) is 5.26 Å². The van der Waals surface area contributed by atoms with Crippen LogP contribution in [0.4, 0.5) is 10.2 Å². The zero-order valence-corrected chi connectivity index (χ0v) is 12.5. The van der Waals surface area contributed by atoms with Gasteiger partial charge in [0.15, 0.2) is 11.5 Å². The predicted molar refractivity (Wildman–Crippen MR) is 81.2 cm³/mol. The molecule has 1 aliphatic heterocycles. The van der Waals surface area contributed by atoms with E-state index in [1.807, 2.05) is 11.0 Å². The highest BCUT2D eigenvalue weighted by atomic mass is 19.1. The Morgan fingerprint density at radius 1 is 1.39 bits per heavy atom. The van der Waals surface area contributed by atoms with E-state index in [2.05, 4.69) is 9.97 Å². The molecule has 0 bridgehead atoms. The van der Waals surface area contributed by atoms with Gasteiger partial charge in [-0.05, 0) is 18.2 Å². The van der Waals surface area contributed by atoms with Crippen LogP contribution >= 0.6 is 0 Å². The van der Waals surface area contributed by atoms with Gasteiger partial charge in [0, 0.05) is 38.1 Å². The van der Waals surface area contributed by atoms with Crippen molar-refractivity contribution in [2.75, 3.05) is 25.0 Å². The zero-order valence-electron chi connectivity index (χ0n) is 12.5. The number of aromatic nitrogens is 2. The normalized spacial score (nSPS) is 14.0. The highest BCUT2D eigenvalue weighted by Gasteiger charge is 2.34. The van der Waals surface area contributed by atoms with E-state index in [1.165, 1.54) is 30.6 Å². The third-order valence-electron chi connectivity index (χ3n) is 3.89. The number of anilines is 1. The van der Waals surface area contributed by atoms with Gasteiger partial charge in [-0.15, -0.1) is 0 Å². The van der Waals surface area contributed by atoms with Crippen LogP contribution in [-0.2, 0) is 0 Å². The molecule has 1 aliphatic rings. The molecular weight excluding hydrogens is 297 g/mol. The first-order valence-electron chi connectivity index (χ1n) is 7.09. The van der Waals surface area contributed by atoms with Crippen LogP contribution in [-0.4, -0.2) is 47.0 Å². The maximum atomic E-state index is 13.2. The Kier molecular flexibility index (Phi) is 3.89. The molecule has 23 heavy (non-hydrogen) atoms. The van der Waals surface area contributed by atoms with Crippen LogP contribution in [0.2, 0.25) is 0 Å². The molecule has 0 saturated carbocycles. The predicted octanol–water partition coefficient (Wildman–Crippen LogP) is 1.45. The second kappa shape index (κ2) is 6.01. The van der Waals surface area contributed by atoms with Gasteiger partial charge in [0.25, 0.3) is 5.91 Å². The minimum atomic E-state index is -0.433. The number of nitriles is 1. The second-order valence-electron chi connectivity index (χ2n) is 5.33. The van der Waals surface area contributed by atoms with Crippen molar-refractivity contribution >= 4 is 11.7 Å². The number of nitrogens with zero attached hydrogens (tertiary/aromatic N) is 5. The third-order valence-corrected chi connectivity index (χ3v) is 3.89. The van der Waals surface area contributed by atoms with Crippen LogP contribution in [0.3, 0.4) is 0 Å². The summed E-state index contributed by atoms with van der Waals surface area (Å²) >= 11 is 0. The number of hydrogen-bond donors (Lipinski definition) is 0. The summed E-state index contributed by atoms with van der Waals surface area (Å²) in [4.78, 5) is 24.0. The SMILES string of the molecule is CN(C(=O)c1cccc(F)c1)C1CN(c2nccnc2C#N)C1. The van der Waals surface area contributed by atoms with E-state index in [0.29, 0.717) is 24.5 Å². The Morgan fingerprint density at radius 3 is 2.83 bits per heavy atom. The van der Waals surface area contributed by atoms with Gasteiger partial charge >= 0.3 is 0 Å². The maximum Gasteiger partial charge on any atom is 0.254 e. The number of likely N-dealkylation sites (N-methyl/N-ethyl adjacent to an activating group) is 1. The Labute approximate surface area is 132 Å². The van der Waals surface area contributed by atoms with Gasteiger partial charge < -0.3 is 9.80 Å². The molecule has 2 heterocycles. The average molecular weight is 311 g/mol. The van der Waals surface area contributed by atoms with Crippen molar-refractivity contribution in [2.24, 2.45) is 0 Å². The number of carbonyl (C=O) groups is 1. The molecule has 116 valence electrons. The van der Waals surface area contributed by atoms with Gasteiger partial charge in [-0.2, -0.15) is 5.26 Å². The Morgan fingerprint density at radius 2 is 2.13 bits per heavy atom. The Hall–Kier alpha value is -3.01. The van der Waals surface area contributed by atoms with Gasteiger partial charge in [-0.3, -0.25) is 4.79 Å². The van der Waals surface area contributed by atoms with Crippen molar-refractivity contribution in [1.29, 1.82) is 5.26 Å². The summed E-state index contributed by atoms with van der Waals surface area (Å²) in [6.07, 6.45) is 3.00. The fourth-order valence-electron chi connectivity index (χ4n) is 2.51. The summed E-state index contributed by atoms with van der Waals surface area (Å²) in [5.74, 6) is -0.135. The number of hydrogen-bond acceptors (Lipinski definition) is 5. The third kappa shape index (κ3) is 2.83. The summed E-state index contributed by atoms with van der Waals surface area (Å²) in [6.45, 7) is 1.12. The van der Waals surface area contributed by atoms with Gasteiger partial charge in [0.2, 0.25) is 0 Å². The fraction of sp³-hybridized carbons (Fsp3) is 0.250. The Bertz CT molecular complexity index is 782. The van der Waals surface area contributed by atoms with Crippen LogP contribution in [0.1, 0.15) is 16.1 Å². The molecule has 0 aliphatic carbocycles. The smallest absolute Gasteiger partial charge is 0.254 e. The van der Waals surface area contributed by atoms with E-state index in [9.17, 15) is 9.18 Å². The molecule has 0 atom stereocenters. The molecule has 2 aromatic rings. The molecule has 1 saturated heterocycles. The molecule has 7 heteroatoms. The van der Waals surface area contributed by atoms with E-state index < -0.39 is 5.82 Å². The molecule has 0 N–H and O–H groups in total. The summed E-state index contributed by atoms with van der Waals surface area (Å²) in [5.41, 5.74) is 0.591. The number of halogens is 1. The first-order chi connectivity index (χ1) is 11.1. The van der Waals surface area contributed by atoms with Crippen LogP contribution in [0.15, 0.2) is 36.7 Å². The molecule has 3 rings (SSSR count). The molecule has 1 aromatic heterocycles. The largest absolute Gasteiger partial charge is 0.350 e. The monoisotopic (exact) mass is 311 g/mol. The maximum absolute atomic E-state index is 13.2. The van der Waals surface area contributed by atoms with Gasteiger partial charge in [-0.1, -0.05) is 6.07 Å². The van der Waals surface area contributed by atoms with Crippen LogP contribution in [0.25, 0.3) is 0 Å². The Balaban J connectivity index is 1.67. The highest BCUT2D eigenvalue weighted by molar-refractivity contribution is 5.94. The van der Waals surface area contributed by atoms with Crippen molar-refractivity contribution in [1.82, 2.24) is 14.9 Å². The molecule has 0 radical (unpaired) electrons. The van der Waals surface area contributed by atoms with Crippen LogP contribution < -0.4 is 4.90 Å². The topological polar surface area (TPSA) is 73.1 Å². The highest BCUT2D eigenvalue weighted by Crippen LogP contribution is 2.24. The van der Waals surface area contributed by atoms with Crippen molar-refractivity contribution in [3.63, 3.8) is 0 Å². The molecule has 1 aromatic carbocycles. The van der Waals surface area contributed by atoms with Crippen molar-refractivity contribution in [2.45, 2.75) is 6.04 Å². The second-order valence-corrected chi connectivity index (χ2v) is 5.33. The lowest BCUT2D eigenvalue weighted by Gasteiger charge is -2.44. The van der Waals surface area contributed by atoms with Crippen LogP contribution in [0.5, 0.6) is 0 Å². The molecule has 1 amide bonds. The first kappa shape index (κ1) is 14.9. The first-order valence-corrected chi connectivity index (χ1v) is 7.09. The van der Waals surface area contributed by atoms with E-state index in [0.717, 1.165) is 0 Å². The lowest BCUT2D eigenvalue weighted by Crippen LogP contribution is -2.60. The van der Waals surface area contributed by atoms with E-state index in [1.54, 1.807) is 18.0 Å². The zero-order chi connectivity index (χ0) is 16.4. The van der Waals surface area contributed by atoms with Crippen LogP contribution in [0, 0.1) is 17.1 Å². The average Bonchev–Trinajstić information content (AvgIpc) is 2.53. The summed E-state index contributed by atoms with van der Waals surface area (Å²) in [5, 5.41) is 9.05. The van der Waals surface area contributed by atoms with Gasteiger partial charge in [0.1, 0.15) is 11.9 Å². The molecule has 0 spiro atoms. The summed E-state index contributed by atoms with van der Waals surface area (Å²) < 4.78 is 13.2. The van der Waals surface area contributed by atoms with Gasteiger partial charge in [0.05, 0.1) is 6.04 Å². The van der Waals surface area contributed by atoms with Crippen molar-refractivity contribution < 1.29 is 9.18 Å². The molecular formula is C16H14FN5O. The lowest BCUT2D eigenvalue weighted by molar-refractivity contribution is 0.0704. The quantitative estimate of drug-likeness (QED) is 0.858. The minimum Gasteiger partial charge on any atom is -0.350 e.